The fourth-order valence-electron chi connectivity index (χ4n) is 2.05. The maximum atomic E-state index is 5.83. The third kappa shape index (κ3) is 3.47. The topological polar surface area (TPSA) is 42.1 Å². The Kier molecular flexibility index (Phi) is 4.05. The Balaban J connectivity index is 2.23. The third-order valence-corrected chi connectivity index (χ3v) is 3.12. The van der Waals surface area contributed by atoms with Crippen LogP contribution in [0, 0.1) is 6.92 Å². The number of nitrogen functional groups attached to an aromatic ring is 1. The van der Waals surface area contributed by atoms with Crippen molar-refractivity contribution in [2.75, 3.05) is 10.6 Å². The number of nitrogens with zero attached hydrogens (tertiary/aromatic N) is 2. The van der Waals surface area contributed by atoms with E-state index in [9.17, 15) is 0 Å². The van der Waals surface area contributed by atoms with Gasteiger partial charge in [-0.05, 0) is 50.1 Å². The molecule has 0 saturated carbocycles. The van der Waals surface area contributed by atoms with Crippen LogP contribution < -0.4 is 10.6 Å². The number of benzene rings is 1. The van der Waals surface area contributed by atoms with Crippen LogP contribution in [0.5, 0.6) is 0 Å². The van der Waals surface area contributed by atoms with E-state index in [1.54, 1.807) is 0 Å². The van der Waals surface area contributed by atoms with E-state index in [4.69, 9.17) is 5.73 Å². The van der Waals surface area contributed by atoms with Gasteiger partial charge in [-0.25, -0.2) is 4.98 Å². The average Bonchev–Trinajstić information content (AvgIpc) is 2.37. The lowest BCUT2D eigenvalue weighted by atomic mass is 10.1. The molecule has 0 spiro atoms. The van der Waals surface area contributed by atoms with Crippen molar-refractivity contribution in [1.29, 1.82) is 0 Å². The Morgan fingerprint density at radius 1 is 1.21 bits per heavy atom. The number of hydrogen-bond acceptors (Lipinski definition) is 3. The molecule has 19 heavy (non-hydrogen) atoms. The summed E-state index contributed by atoms with van der Waals surface area (Å²) < 4.78 is 0. The van der Waals surface area contributed by atoms with Crippen molar-refractivity contribution in [3.05, 3.63) is 53.7 Å². The Bertz CT molecular complexity index is 532. The molecule has 100 valence electrons. The highest BCUT2D eigenvalue weighted by Gasteiger charge is 2.12. The zero-order valence-corrected chi connectivity index (χ0v) is 11.8. The van der Waals surface area contributed by atoms with Gasteiger partial charge in [-0.15, -0.1) is 0 Å². The van der Waals surface area contributed by atoms with Crippen molar-refractivity contribution in [3.8, 4) is 0 Å². The van der Waals surface area contributed by atoms with Crippen molar-refractivity contribution in [1.82, 2.24) is 4.98 Å². The molecule has 0 unspecified atom stereocenters. The van der Waals surface area contributed by atoms with Crippen molar-refractivity contribution in [3.63, 3.8) is 0 Å². The first-order valence-corrected chi connectivity index (χ1v) is 6.60. The van der Waals surface area contributed by atoms with Crippen LogP contribution in [0.3, 0.4) is 0 Å². The molecular weight excluding hydrogens is 234 g/mol. The van der Waals surface area contributed by atoms with Gasteiger partial charge in [0.1, 0.15) is 5.82 Å². The van der Waals surface area contributed by atoms with Crippen LogP contribution in [0.1, 0.15) is 25.0 Å². The quantitative estimate of drug-likeness (QED) is 0.851. The van der Waals surface area contributed by atoms with E-state index < -0.39 is 0 Å². The van der Waals surface area contributed by atoms with Crippen LogP contribution in [0.4, 0.5) is 11.5 Å². The number of nitrogens with two attached hydrogens (primary N) is 1. The first kappa shape index (κ1) is 13.4. The normalized spacial score (nSPS) is 10.7. The van der Waals surface area contributed by atoms with Gasteiger partial charge in [-0.2, -0.15) is 0 Å². The molecule has 0 radical (unpaired) electrons. The van der Waals surface area contributed by atoms with E-state index in [1.807, 2.05) is 31.3 Å². The summed E-state index contributed by atoms with van der Waals surface area (Å²) in [5.74, 6) is 1.00. The Labute approximate surface area is 115 Å². The van der Waals surface area contributed by atoms with Crippen LogP contribution in [0.15, 0.2) is 42.6 Å². The molecule has 3 heteroatoms. The van der Waals surface area contributed by atoms with Gasteiger partial charge in [0, 0.05) is 24.5 Å². The first-order valence-electron chi connectivity index (χ1n) is 6.60. The molecule has 0 aliphatic heterocycles. The zero-order chi connectivity index (χ0) is 13.8. The smallest absolute Gasteiger partial charge is 0.129 e. The summed E-state index contributed by atoms with van der Waals surface area (Å²) in [4.78, 5) is 6.79. The van der Waals surface area contributed by atoms with Crippen molar-refractivity contribution in [2.24, 2.45) is 0 Å². The highest BCUT2D eigenvalue weighted by Crippen LogP contribution is 2.19. The Hall–Kier alpha value is -2.03. The summed E-state index contributed by atoms with van der Waals surface area (Å²) in [6.07, 6.45) is 1.91. The largest absolute Gasteiger partial charge is 0.399 e. The van der Waals surface area contributed by atoms with Crippen molar-refractivity contribution >= 4 is 11.5 Å². The van der Waals surface area contributed by atoms with E-state index in [0.29, 0.717) is 6.04 Å². The van der Waals surface area contributed by atoms with E-state index in [0.717, 1.165) is 18.1 Å². The lowest BCUT2D eigenvalue weighted by Gasteiger charge is -2.28. The van der Waals surface area contributed by atoms with Crippen LogP contribution in [0.2, 0.25) is 0 Å². The summed E-state index contributed by atoms with van der Waals surface area (Å²) in [7, 11) is 0. The minimum Gasteiger partial charge on any atom is -0.399 e. The molecule has 3 nitrogen and oxygen atoms in total. The van der Waals surface area contributed by atoms with Gasteiger partial charge in [-0.1, -0.05) is 18.2 Å². The Morgan fingerprint density at radius 2 is 2.00 bits per heavy atom. The second-order valence-electron chi connectivity index (χ2n) is 5.16. The maximum absolute atomic E-state index is 5.83. The van der Waals surface area contributed by atoms with Gasteiger partial charge >= 0.3 is 0 Å². The molecule has 0 aliphatic rings. The highest BCUT2D eigenvalue weighted by atomic mass is 15.2. The molecule has 0 aliphatic carbocycles. The number of aryl methyl sites for hydroxylation is 1. The van der Waals surface area contributed by atoms with Crippen LogP contribution >= 0.6 is 0 Å². The summed E-state index contributed by atoms with van der Waals surface area (Å²) >= 11 is 0. The molecular formula is C16H21N3. The van der Waals surface area contributed by atoms with E-state index >= 15 is 0 Å². The lowest BCUT2D eigenvalue weighted by molar-refractivity contribution is 0.672. The predicted octanol–water partition coefficient (Wildman–Crippen LogP) is 3.39. The molecule has 2 N–H and O–H groups in total. The number of rotatable bonds is 4. The third-order valence-electron chi connectivity index (χ3n) is 3.12. The van der Waals surface area contributed by atoms with Crippen LogP contribution in [-0.4, -0.2) is 11.0 Å². The van der Waals surface area contributed by atoms with Crippen molar-refractivity contribution in [2.45, 2.75) is 33.4 Å². The van der Waals surface area contributed by atoms with Crippen LogP contribution in [-0.2, 0) is 6.54 Å². The van der Waals surface area contributed by atoms with Gasteiger partial charge in [0.2, 0.25) is 0 Å². The number of anilines is 2. The van der Waals surface area contributed by atoms with Gasteiger partial charge in [0.25, 0.3) is 0 Å². The molecule has 0 bridgehead atoms. The summed E-state index contributed by atoms with van der Waals surface area (Å²) in [6.45, 7) is 7.22. The minimum absolute atomic E-state index is 0.386. The molecule has 2 aromatic rings. The fraction of sp³-hybridized carbons (Fsp3) is 0.312. The molecule has 1 aromatic carbocycles. The van der Waals surface area contributed by atoms with Crippen LogP contribution in [0.25, 0.3) is 0 Å². The molecule has 0 fully saturated rings. The van der Waals surface area contributed by atoms with E-state index in [2.05, 4.69) is 41.9 Å². The van der Waals surface area contributed by atoms with E-state index in [1.165, 1.54) is 11.1 Å². The predicted molar refractivity (Wildman–Crippen MR) is 81.1 cm³/mol. The molecule has 2 rings (SSSR count). The van der Waals surface area contributed by atoms with Gasteiger partial charge < -0.3 is 10.6 Å². The van der Waals surface area contributed by atoms with Gasteiger partial charge in [0.15, 0.2) is 0 Å². The molecule has 1 heterocycles. The van der Waals surface area contributed by atoms with Gasteiger partial charge in [-0.3, -0.25) is 0 Å². The monoisotopic (exact) mass is 255 g/mol. The van der Waals surface area contributed by atoms with Crippen molar-refractivity contribution < 1.29 is 0 Å². The van der Waals surface area contributed by atoms with E-state index in [-0.39, 0.29) is 0 Å². The first-order chi connectivity index (χ1) is 9.06. The summed E-state index contributed by atoms with van der Waals surface area (Å²) in [6, 6.07) is 12.6. The highest BCUT2D eigenvalue weighted by molar-refractivity contribution is 5.45. The molecule has 0 saturated heterocycles. The maximum Gasteiger partial charge on any atom is 0.129 e. The molecule has 0 amide bonds. The number of hydrogen-bond donors (Lipinski definition) is 1. The summed E-state index contributed by atoms with van der Waals surface area (Å²) in [5, 5.41) is 0. The zero-order valence-electron chi connectivity index (χ0n) is 11.8. The second kappa shape index (κ2) is 5.74. The minimum atomic E-state index is 0.386. The average molecular weight is 255 g/mol. The summed E-state index contributed by atoms with van der Waals surface area (Å²) in [5.41, 5.74) is 9.02. The lowest BCUT2D eigenvalue weighted by Crippen LogP contribution is -2.30. The second-order valence-corrected chi connectivity index (χ2v) is 5.16. The fourth-order valence-corrected chi connectivity index (χ4v) is 2.05. The molecule has 0 atom stereocenters. The SMILES string of the molecule is Cc1ccc(N(Cc2cccc(N)c2)C(C)C)nc1. The van der Waals surface area contributed by atoms with Gasteiger partial charge in [0.05, 0.1) is 0 Å². The number of aromatic nitrogens is 1. The Morgan fingerprint density at radius 3 is 2.58 bits per heavy atom. The molecule has 1 aromatic heterocycles. The number of pyridine rings is 1. The standard InChI is InChI=1S/C16H21N3/c1-12(2)19(16-8-7-13(3)10-18-16)11-14-5-4-6-15(17)9-14/h4-10,12H,11,17H2,1-3H3.